The largest absolute Gasteiger partial charge is 0.399 e. The fraction of sp³-hybridized carbons (Fsp3) is 0.188. The fourth-order valence-electron chi connectivity index (χ4n) is 2.07. The molecule has 0 aliphatic carbocycles. The van der Waals surface area contributed by atoms with E-state index in [1.165, 1.54) is 0 Å². The van der Waals surface area contributed by atoms with E-state index in [1.54, 1.807) is 38.1 Å². The molecule has 2 N–H and O–H groups in total. The summed E-state index contributed by atoms with van der Waals surface area (Å²) in [4.78, 5) is 12.5. The number of halogens is 3. The Balaban J connectivity index is 2.48. The lowest BCUT2D eigenvalue weighted by molar-refractivity contribution is 0.0903. The molecular weight excluding hydrogens is 279 g/mol. The summed E-state index contributed by atoms with van der Waals surface area (Å²) in [5.41, 5.74) is 5.14. The normalized spacial score (nSPS) is 11.5. The minimum Gasteiger partial charge on any atom is -0.399 e. The molecule has 0 bridgehead atoms. The van der Waals surface area contributed by atoms with Gasteiger partial charge in [0.1, 0.15) is 0 Å². The first-order chi connectivity index (χ1) is 9.75. The van der Waals surface area contributed by atoms with Gasteiger partial charge in [-0.2, -0.15) is 0 Å². The van der Waals surface area contributed by atoms with Crippen LogP contribution in [0.4, 0.5) is 18.9 Å². The minimum atomic E-state index is -1.64. The predicted molar refractivity (Wildman–Crippen MR) is 74.5 cm³/mol. The highest BCUT2D eigenvalue weighted by Crippen LogP contribution is 2.30. The van der Waals surface area contributed by atoms with Crippen molar-refractivity contribution in [3.05, 3.63) is 65.0 Å². The highest BCUT2D eigenvalue weighted by atomic mass is 19.2. The van der Waals surface area contributed by atoms with Crippen molar-refractivity contribution in [3.8, 4) is 0 Å². The molecule has 2 aromatic rings. The molecule has 0 fully saturated rings. The standard InChI is InChI=1S/C16H14F3NO/c1-16(2,9-3-5-10(20)6-4-9)15(21)11-7-8-12(17)14(19)13(11)18/h3-8H,20H2,1-2H3. The van der Waals surface area contributed by atoms with Crippen molar-refractivity contribution in [2.45, 2.75) is 19.3 Å². The van der Waals surface area contributed by atoms with E-state index in [2.05, 4.69) is 0 Å². The molecule has 0 aromatic heterocycles. The number of nitrogen functional groups attached to an aromatic ring is 1. The van der Waals surface area contributed by atoms with Crippen LogP contribution in [0.5, 0.6) is 0 Å². The summed E-state index contributed by atoms with van der Waals surface area (Å²) in [7, 11) is 0. The molecule has 0 aliphatic heterocycles. The van der Waals surface area contributed by atoms with Crippen LogP contribution >= 0.6 is 0 Å². The highest BCUT2D eigenvalue weighted by Gasteiger charge is 2.33. The second kappa shape index (κ2) is 5.24. The van der Waals surface area contributed by atoms with E-state index in [0.29, 0.717) is 11.3 Å². The van der Waals surface area contributed by atoms with E-state index in [1.807, 2.05) is 0 Å². The second-order valence-electron chi connectivity index (χ2n) is 5.30. The number of hydrogen-bond acceptors (Lipinski definition) is 2. The number of carbonyl (C=O) groups is 1. The minimum absolute atomic E-state index is 0.476. The Morgan fingerprint density at radius 3 is 2.10 bits per heavy atom. The molecule has 5 heteroatoms. The average molecular weight is 293 g/mol. The third kappa shape index (κ3) is 2.63. The Hall–Kier alpha value is -2.30. The summed E-state index contributed by atoms with van der Waals surface area (Å²) in [5.74, 6) is -5.07. The number of anilines is 1. The van der Waals surface area contributed by atoms with Gasteiger partial charge < -0.3 is 5.73 Å². The molecule has 0 radical (unpaired) electrons. The Morgan fingerprint density at radius 2 is 1.52 bits per heavy atom. The first kappa shape index (κ1) is 15.1. The smallest absolute Gasteiger partial charge is 0.195 e. The third-order valence-corrected chi connectivity index (χ3v) is 3.48. The zero-order valence-electron chi connectivity index (χ0n) is 11.6. The summed E-state index contributed by atoms with van der Waals surface area (Å²) in [6.07, 6.45) is 0. The van der Waals surface area contributed by atoms with Crippen molar-refractivity contribution in [1.82, 2.24) is 0 Å². The van der Waals surface area contributed by atoms with Crippen molar-refractivity contribution in [2.24, 2.45) is 0 Å². The van der Waals surface area contributed by atoms with Crippen LogP contribution in [-0.2, 0) is 5.41 Å². The van der Waals surface area contributed by atoms with Gasteiger partial charge in [0.25, 0.3) is 0 Å². The summed E-state index contributed by atoms with van der Waals surface area (Å²) < 4.78 is 40.0. The van der Waals surface area contributed by atoms with Crippen molar-refractivity contribution >= 4 is 11.5 Å². The van der Waals surface area contributed by atoms with Crippen LogP contribution in [0, 0.1) is 17.5 Å². The van der Waals surface area contributed by atoms with Gasteiger partial charge in [0.05, 0.1) is 11.0 Å². The summed E-state index contributed by atoms with van der Waals surface area (Å²) >= 11 is 0. The maximum atomic E-state index is 13.8. The van der Waals surface area contributed by atoms with Gasteiger partial charge >= 0.3 is 0 Å². The molecule has 110 valence electrons. The zero-order valence-corrected chi connectivity index (χ0v) is 11.6. The Labute approximate surface area is 120 Å². The quantitative estimate of drug-likeness (QED) is 0.530. The van der Waals surface area contributed by atoms with Crippen molar-refractivity contribution in [1.29, 1.82) is 0 Å². The number of nitrogens with two attached hydrogens (primary N) is 1. The number of ketones is 1. The van der Waals surface area contributed by atoms with Gasteiger partial charge in [0.15, 0.2) is 23.2 Å². The number of benzene rings is 2. The SMILES string of the molecule is CC(C)(C(=O)c1ccc(F)c(F)c1F)c1ccc(N)cc1. The van der Waals surface area contributed by atoms with E-state index in [9.17, 15) is 18.0 Å². The lowest BCUT2D eigenvalue weighted by Crippen LogP contribution is -2.30. The lowest BCUT2D eigenvalue weighted by atomic mass is 9.78. The number of hydrogen-bond donors (Lipinski definition) is 1. The first-order valence-electron chi connectivity index (χ1n) is 6.29. The van der Waals surface area contributed by atoms with Gasteiger partial charge in [-0.05, 0) is 43.7 Å². The van der Waals surface area contributed by atoms with E-state index in [-0.39, 0.29) is 0 Å². The van der Waals surface area contributed by atoms with Crippen LogP contribution in [0.15, 0.2) is 36.4 Å². The van der Waals surface area contributed by atoms with Crippen molar-refractivity contribution in [2.75, 3.05) is 5.73 Å². The van der Waals surface area contributed by atoms with Crippen LogP contribution < -0.4 is 5.73 Å². The van der Waals surface area contributed by atoms with Gasteiger partial charge in [-0.1, -0.05) is 12.1 Å². The lowest BCUT2D eigenvalue weighted by Gasteiger charge is -2.24. The zero-order chi connectivity index (χ0) is 15.8. The number of rotatable bonds is 3. The second-order valence-corrected chi connectivity index (χ2v) is 5.30. The van der Waals surface area contributed by atoms with E-state index in [0.717, 1.165) is 12.1 Å². The molecule has 2 nitrogen and oxygen atoms in total. The van der Waals surface area contributed by atoms with E-state index >= 15 is 0 Å². The molecular formula is C16H14F3NO. The highest BCUT2D eigenvalue weighted by molar-refractivity contribution is 6.03. The molecule has 2 aromatic carbocycles. The molecule has 0 saturated heterocycles. The Kier molecular flexibility index (Phi) is 3.77. The molecule has 21 heavy (non-hydrogen) atoms. The van der Waals surface area contributed by atoms with Gasteiger partial charge in [-0.3, -0.25) is 4.79 Å². The van der Waals surface area contributed by atoms with Crippen molar-refractivity contribution < 1.29 is 18.0 Å². The maximum absolute atomic E-state index is 13.8. The molecule has 0 atom stereocenters. The maximum Gasteiger partial charge on any atom is 0.195 e. The molecule has 0 saturated carbocycles. The van der Waals surface area contributed by atoms with E-state index < -0.39 is 34.2 Å². The van der Waals surface area contributed by atoms with Crippen LogP contribution in [0.25, 0.3) is 0 Å². The first-order valence-corrected chi connectivity index (χ1v) is 6.29. The molecule has 0 spiro atoms. The molecule has 0 aliphatic rings. The van der Waals surface area contributed by atoms with Gasteiger partial charge in [0, 0.05) is 5.69 Å². The number of carbonyl (C=O) groups excluding carboxylic acids is 1. The van der Waals surface area contributed by atoms with E-state index in [4.69, 9.17) is 5.73 Å². The topological polar surface area (TPSA) is 43.1 Å². The summed E-state index contributed by atoms with van der Waals surface area (Å²) in [5, 5.41) is 0. The van der Waals surface area contributed by atoms with Crippen LogP contribution in [0.2, 0.25) is 0 Å². The molecule has 0 unspecified atom stereocenters. The van der Waals surface area contributed by atoms with Crippen molar-refractivity contribution in [3.63, 3.8) is 0 Å². The van der Waals surface area contributed by atoms with Crippen LogP contribution in [0.1, 0.15) is 29.8 Å². The average Bonchev–Trinajstić information content (AvgIpc) is 2.45. The van der Waals surface area contributed by atoms with Crippen LogP contribution in [0.3, 0.4) is 0 Å². The molecule has 0 amide bonds. The predicted octanol–water partition coefficient (Wildman–Crippen LogP) is 3.85. The fourth-order valence-corrected chi connectivity index (χ4v) is 2.07. The Morgan fingerprint density at radius 1 is 0.952 bits per heavy atom. The Bertz CT molecular complexity index is 693. The van der Waals surface area contributed by atoms with Crippen LogP contribution in [-0.4, -0.2) is 5.78 Å². The number of Topliss-reactive ketones (excluding diaryl/α,β-unsaturated/α-hetero) is 1. The monoisotopic (exact) mass is 293 g/mol. The summed E-state index contributed by atoms with van der Waals surface area (Å²) in [6.45, 7) is 3.17. The molecule has 2 rings (SSSR count). The third-order valence-electron chi connectivity index (χ3n) is 3.48. The van der Waals surface area contributed by atoms with Gasteiger partial charge in [-0.15, -0.1) is 0 Å². The van der Waals surface area contributed by atoms with Gasteiger partial charge in [-0.25, -0.2) is 13.2 Å². The van der Waals surface area contributed by atoms with Gasteiger partial charge in [0.2, 0.25) is 0 Å². The molecule has 0 heterocycles. The summed E-state index contributed by atoms with van der Waals surface area (Å²) in [6, 6.07) is 8.22.